The third kappa shape index (κ3) is 4.85. The van der Waals surface area contributed by atoms with E-state index in [0.29, 0.717) is 5.75 Å². The van der Waals surface area contributed by atoms with Gasteiger partial charge in [-0.15, -0.1) is 0 Å². The monoisotopic (exact) mass is 312 g/mol. The van der Waals surface area contributed by atoms with E-state index in [9.17, 15) is 9.90 Å². The van der Waals surface area contributed by atoms with Gasteiger partial charge in [-0.2, -0.15) is 5.10 Å². The van der Waals surface area contributed by atoms with Crippen LogP contribution in [0.2, 0.25) is 0 Å². The highest BCUT2D eigenvalue weighted by Gasteiger charge is 2.06. The minimum absolute atomic E-state index is 0.101. The molecule has 23 heavy (non-hydrogen) atoms. The summed E-state index contributed by atoms with van der Waals surface area (Å²) in [6.07, 6.45) is 1.50. The Kier molecular flexibility index (Phi) is 5.36. The number of amides is 1. The first-order valence-electron chi connectivity index (χ1n) is 7.27. The molecule has 0 aromatic heterocycles. The molecule has 2 aromatic rings. The molecule has 5 heteroatoms. The van der Waals surface area contributed by atoms with Gasteiger partial charge in [-0.05, 0) is 73.4 Å². The van der Waals surface area contributed by atoms with Crippen molar-refractivity contribution in [2.75, 3.05) is 6.61 Å². The molecule has 1 amide bonds. The summed E-state index contributed by atoms with van der Waals surface area (Å²) in [6.45, 7) is 5.86. The molecule has 0 saturated carbocycles. The van der Waals surface area contributed by atoms with E-state index in [2.05, 4.69) is 16.6 Å². The van der Waals surface area contributed by atoms with E-state index in [4.69, 9.17) is 4.74 Å². The predicted octanol–water partition coefficient (Wildman–Crippen LogP) is 2.85. The number of hydrogen-bond donors (Lipinski definition) is 2. The van der Waals surface area contributed by atoms with Crippen molar-refractivity contribution >= 4 is 12.1 Å². The van der Waals surface area contributed by atoms with E-state index in [1.165, 1.54) is 6.21 Å². The topological polar surface area (TPSA) is 70.9 Å². The van der Waals surface area contributed by atoms with Crippen LogP contribution in [0.4, 0.5) is 0 Å². The summed E-state index contributed by atoms with van der Waals surface area (Å²) in [5, 5.41) is 13.0. The highest BCUT2D eigenvalue weighted by Crippen LogP contribution is 2.23. The fraction of sp³-hybridized carbons (Fsp3) is 0.222. The minimum Gasteiger partial charge on any atom is -0.508 e. The molecule has 0 aliphatic carbocycles. The second kappa shape index (κ2) is 7.45. The van der Waals surface area contributed by atoms with Gasteiger partial charge in [-0.25, -0.2) is 5.43 Å². The molecular formula is C18H20N2O3. The van der Waals surface area contributed by atoms with Gasteiger partial charge in [0.05, 0.1) is 6.21 Å². The maximum absolute atomic E-state index is 11.8. The van der Waals surface area contributed by atoms with Crippen LogP contribution < -0.4 is 10.2 Å². The van der Waals surface area contributed by atoms with Crippen molar-refractivity contribution < 1.29 is 14.6 Å². The molecule has 0 bridgehead atoms. The van der Waals surface area contributed by atoms with E-state index in [1.807, 2.05) is 26.8 Å². The number of phenolic OH excluding ortho intramolecular Hbond substituents is 1. The average molecular weight is 312 g/mol. The number of carbonyl (C=O) groups excluding carboxylic acids is 1. The minimum atomic E-state index is -0.335. The lowest BCUT2D eigenvalue weighted by Crippen LogP contribution is -2.24. The Morgan fingerprint density at radius 1 is 1.22 bits per heavy atom. The van der Waals surface area contributed by atoms with Crippen molar-refractivity contribution in [2.45, 2.75) is 20.8 Å². The van der Waals surface area contributed by atoms with Crippen LogP contribution in [0, 0.1) is 20.8 Å². The lowest BCUT2D eigenvalue weighted by Gasteiger charge is -2.11. The van der Waals surface area contributed by atoms with Gasteiger partial charge < -0.3 is 9.84 Å². The number of aromatic hydroxyl groups is 1. The van der Waals surface area contributed by atoms with Crippen LogP contribution in [-0.2, 0) is 4.79 Å². The molecule has 5 nitrogen and oxygen atoms in total. The molecule has 2 rings (SSSR count). The second-order valence-electron chi connectivity index (χ2n) is 5.38. The molecule has 0 heterocycles. The van der Waals surface area contributed by atoms with Crippen LogP contribution in [0.15, 0.2) is 41.5 Å². The van der Waals surface area contributed by atoms with Gasteiger partial charge in [0.15, 0.2) is 6.61 Å². The van der Waals surface area contributed by atoms with Crippen LogP contribution in [0.1, 0.15) is 22.3 Å². The Morgan fingerprint density at radius 3 is 2.61 bits per heavy atom. The summed E-state index contributed by atoms with van der Waals surface area (Å²) in [4.78, 5) is 11.8. The first-order chi connectivity index (χ1) is 11.0. The first kappa shape index (κ1) is 16.5. The summed E-state index contributed by atoms with van der Waals surface area (Å²) in [5.74, 6) is 0.558. The van der Waals surface area contributed by atoms with Crippen LogP contribution in [0.3, 0.4) is 0 Å². The van der Waals surface area contributed by atoms with Gasteiger partial charge in [0.2, 0.25) is 0 Å². The van der Waals surface area contributed by atoms with E-state index < -0.39 is 0 Å². The van der Waals surface area contributed by atoms with Crippen molar-refractivity contribution in [2.24, 2.45) is 5.10 Å². The quantitative estimate of drug-likeness (QED) is 0.659. The zero-order chi connectivity index (χ0) is 16.8. The van der Waals surface area contributed by atoms with Crippen molar-refractivity contribution in [1.82, 2.24) is 5.43 Å². The molecule has 0 saturated heterocycles. The molecule has 2 N–H and O–H groups in total. The summed E-state index contributed by atoms with van der Waals surface area (Å²) in [5.41, 5.74) is 6.43. The highest BCUT2D eigenvalue weighted by atomic mass is 16.5. The summed E-state index contributed by atoms with van der Waals surface area (Å²) >= 11 is 0. The number of hydrazone groups is 1. The number of ether oxygens (including phenoxy) is 1. The normalized spacial score (nSPS) is 10.7. The second-order valence-corrected chi connectivity index (χ2v) is 5.38. The maximum atomic E-state index is 11.8. The van der Waals surface area contributed by atoms with Crippen molar-refractivity contribution in [1.29, 1.82) is 0 Å². The predicted molar refractivity (Wildman–Crippen MR) is 90.0 cm³/mol. The van der Waals surface area contributed by atoms with Crippen LogP contribution in [0.25, 0.3) is 0 Å². The van der Waals surface area contributed by atoms with Gasteiger partial charge in [0.25, 0.3) is 5.91 Å². The standard InChI is InChI=1S/C18H20N2O3/c1-12-8-13(2)14(3)17(9-12)23-11-18(22)20-19-10-15-4-6-16(21)7-5-15/h4-10,21H,11H2,1-3H3,(H,20,22)/b19-10+. The number of benzene rings is 2. The van der Waals surface area contributed by atoms with E-state index in [0.717, 1.165) is 22.3 Å². The van der Waals surface area contributed by atoms with E-state index in [1.54, 1.807) is 24.3 Å². The number of hydrogen-bond acceptors (Lipinski definition) is 4. The van der Waals surface area contributed by atoms with Crippen molar-refractivity contribution in [3.05, 3.63) is 58.7 Å². The number of rotatable bonds is 5. The van der Waals surface area contributed by atoms with Gasteiger partial charge in [-0.3, -0.25) is 4.79 Å². The SMILES string of the molecule is Cc1cc(C)c(C)c(OCC(=O)N/N=C/c2ccc(O)cc2)c1. The third-order valence-electron chi connectivity index (χ3n) is 3.42. The molecule has 0 fully saturated rings. The average Bonchev–Trinajstić information content (AvgIpc) is 2.51. The third-order valence-corrected chi connectivity index (χ3v) is 3.42. The molecule has 0 radical (unpaired) electrons. The van der Waals surface area contributed by atoms with Crippen LogP contribution in [-0.4, -0.2) is 23.8 Å². The van der Waals surface area contributed by atoms with Gasteiger partial charge in [0.1, 0.15) is 11.5 Å². The fourth-order valence-corrected chi connectivity index (χ4v) is 2.07. The Labute approximate surface area is 135 Å². The lowest BCUT2D eigenvalue weighted by atomic mass is 10.1. The molecule has 0 aliphatic rings. The van der Waals surface area contributed by atoms with Gasteiger partial charge >= 0.3 is 0 Å². The molecule has 0 spiro atoms. The Bertz CT molecular complexity index is 722. The zero-order valence-electron chi connectivity index (χ0n) is 13.5. The molecule has 2 aromatic carbocycles. The first-order valence-corrected chi connectivity index (χ1v) is 7.27. The van der Waals surface area contributed by atoms with Crippen molar-refractivity contribution in [3.63, 3.8) is 0 Å². The number of aryl methyl sites for hydroxylation is 2. The number of carbonyl (C=O) groups is 1. The smallest absolute Gasteiger partial charge is 0.277 e. The van der Waals surface area contributed by atoms with Gasteiger partial charge in [0, 0.05) is 0 Å². The summed E-state index contributed by atoms with van der Waals surface area (Å²) < 4.78 is 5.56. The Hall–Kier alpha value is -2.82. The highest BCUT2D eigenvalue weighted by molar-refractivity contribution is 5.83. The number of phenols is 1. The number of nitrogens with zero attached hydrogens (tertiary/aromatic N) is 1. The molecule has 0 unspecified atom stereocenters. The Morgan fingerprint density at radius 2 is 1.91 bits per heavy atom. The van der Waals surface area contributed by atoms with Crippen LogP contribution >= 0.6 is 0 Å². The van der Waals surface area contributed by atoms with E-state index >= 15 is 0 Å². The zero-order valence-corrected chi connectivity index (χ0v) is 13.5. The lowest BCUT2D eigenvalue weighted by molar-refractivity contribution is -0.123. The number of nitrogens with one attached hydrogen (secondary N) is 1. The largest absolute Gasteiger partial charge is 0.508 e. The Balaban J connectivity index is 1.87. The van der Waals surface area contributed by atoms with Gasteiger partial charge in [-0.1, -0.05) is 6.07 Å². The van der Waals surface area contributed by atoms with E-state index in [-0.39, 0.29) is 18.3 Å². The molecule has 0 atom stereocenters. The molecule has 120 valence electrons. The molecule has 0 aliphatic heterocycles. The van der Waals surface area contributed by atoms with Crippen molar-refractivity contribution in [3.8, 4) is 11.5 Å². The molecular weight excluding hydrogens is 292 g/mol. The fourth-order valence-electron chi connectivity index (χ4n) is 2.07. The summed E-state index contributed by atoms with van der Waals surface area (Å²) in [6, 6.07) is 10.5. The maximum Gasteiger partial charge on any atom is 0.277 e. The summed E-state index contributed by atoms with van der Waals surface area (Å²) in [7, 11) is 0. The van der Waals surface area contributed by atoms with Crippen LogP contribution in [0.5, 0.6) is 11.5 Å².